The third kappa shape index (κ3) is 2.13. The van der Waals surface area contributed by atoms with Gasteiger partial charge in [-0.3, -0.25) is 0 Å². The third-order valence-electron chi connectivity index (χ3n) is 3.02. The van der Waals surface area contributed by atoms with Crippen molar-refractivity contribution in [1.29, 1.82) is 0 Å². The zero-order chi connectivity index (χ0) is 13.4. The van der Waals surface area contributed by atoms with E-state index in [1.807, 2.05) is 41.1 Å². The van der Waals surface area contributed by atoms with Crippen LogP contribution in [0.1, 0.15) is 15.2 Å². The molecule has 3 aromatic rings. The van der Waals surface area contributed by atoms with E-state index in [-0.39, 0.29) is 0 Å². The van der Waals surface area contributed by atoms with E-state index < -0.39 is 5.97 Å². The van der Waals surface area contributed by atoms with Gasteiger partial charge >= 0.3 is 5.97 Å². The first kappa shape index (κ1) is 12.3. The van der Waals surface area contributed by atoms with Gasteiger partial charge in [-0.25, -0.2) is 4.79 Å². The first-order valence-corrected chi connectivity index (χ1v) is 6.95. The summed E-state index contributed by atoms with van der Waals surface area (Å²) in [5.41, 5.74) is 1.74. The molecule has 3 nitrogen and oxygen atoms in total. The summed E-state index contributed by atoms with van der Waals surface area (Å²) in [6.07, 6.45) is 1.93. The molecule has 2 aromatic heterocycles. The quantitative estimate of drug-likeness (QED) is 0.789. The Balaban J connectivity index is 2.06. The predicted molar refractivity (Wildman–Crippen MR) is 77.3 cm³/mol. The molecule has 96 valence electrons. The molecule has 0 saturated carbocycles. The lowest BCUT2D eigenvalue weighted by Gasteiger charge is -2.06. The van der Waals surface area contributed by atoms with Crippen molar-refractivity contribution < 1.29 is 9.90 Å². The van der Waals surface area contributed by atoms with Crippen molar-refractivity contribution in [2.24, 2.45) is 0 Å². The second-order valence-electron chi connectivity index (χ2n) is 4.20. The Kier molecular flexibility index (Phi) is 3.05. The van der Waals surface area contributed by atoms with E-state index >= 15 is 0 Å². The Morgan fingerprint density at radius 3 is 2.95 bits per heavy atom. The van der Waals surface area contributed by atoms with E-state index in [0.29, 0.717) is 16.4 Å². The van der Waals surface area contributed by atoms with Crippen LogP contribution in [0.5, 0.6) is 0 Å². The highest BCUT2D eigenvalue weighted by molar-refractivity contribution is 7.12. The maximum Gasteiger partial charge on any atom is 0.346 e. The van der Waals surface area contributed by atoms with Crippen molar-refractivity contribution in [2.75, 3.05) is 0 Å². The zero-order valence-electron chi connectivity index (χ0n) is 9.84. The number of halogens is 1. The highest BCUT2D eigenvalue weighted by Crippen LogP contribution is 2.26. The summed E-state index contributed by atoms with van der Waals surface area (Å²) in [7, 11) is 0. The Labute approximate surface area is 118 Å². The van der Waals surface area contributed by atoms with Crippen molar-refractivity contribution in [1.82, 2.24) is 4.57 Å². The second-order valence-corrected chi connectivity index (χ2v) is 5.52. The minimum Gasteiger partial charge on any atom is -0.477 e. The van der Waals surface area contributed by atoms with Crippen LogP contribution >= 0.6 is 22.9 Å². The maximum atomic E-state index is 11.1. The molecule has 0 saturated heterocycles. The monoisotopic (exact) mass is 291 g/mol. The minimum atomic E-state index is -0.882. The van der Waals surface area contributed by atoms with E-state index in [9.17, 15) is 4.79 Å². The Morgan fingerprint density at radius 2 is 2.16 bits per heavy atom. The predicted octanol–water partition coefficient (Wildman–Crippen LogP) is 4.10. The molecule has 0 fully saturated rings. The number of hydrogen-bond donors (Lipinski definition) is 1. The van der Waals surface area contributed by atoms with Crippen LogP contribution in [0.25, 0.3) is 10.9 Å². The Morgan fingerprint density at radius 1 is 1.32 bits per heavy atom. The minimum absolute atomic E-state index is 0.383. The molecule has 0 atom stereocenters. The lowest BCUT2D eigenvalue weighted by Crippen LogP contribution is -2.03. The van der Waals surface area contributed by atoms with E-state index in [1.165, 1.54) is 11.3 Å². The molecule has 0 aliphatic rings. The summed E-state index contributed by atoms with van der Waals surface area (Å²) >= 11 is 7.45. The number of thiophene rings is 1. The van der Waals surface area contributed by atoms with Gasteiger partial charge in [-0.2, -0.15) is 0 Å². The third-order valence-corrected chi connectivity index (χ3v) is 4.27. The van der Waals surface area contributed by atoms with Gasteiger partial charge in [0.05, 0.1) is 10.5 Å². The molecule has 0 aliphatic heterocycles. The number of fused-ring (bicyclic) bond motifs is 1. The van der Waals surface area contributed by atoms with Gasteiger partial charge in [-0.1, -0.05) is 23.7 Å². The fraction of sp³-hybridized carbons (Fsp3) is 0.0714. The van der Waals surface area contributed by atoms with E-state index in [1.54, 1.807) is 5.38 Å². The van der Waals surface area contributed by atoms with Crippen molar-refractivity contribution in [3.63, 3.8) is 0 Å². The Bertz CT molecular complexity index is 760. The van der Waals surface area contributed by atoms with Crippen molar-refractivity contribution in [2.45, 2.75) is 6.54 Å². The molecule has 1 N–H and O–H groups in total. The number of aromatic carboxylic acids is 1. The van der Waals surface area contributed by atoms with Crippen LogP contribution < -0.4 is 0 Å². The average molecular weight is 292 g/mol. The zero-order valence-corrected chi connectivity index (χ0v) is 11.4. The van der Waals surface area contributed by atoms with Crippen molar-refractivity contribution in [3.8, 4) is 0 Å². The molecule has 1 aromatic carbocycles. The van der Waals surface area contributed by atoms with Crippen LogP contribution in [0.2, 0.25) is 5.02 Å². The van der Waals surface area contributed by atoms with Crippen LogP contribution in [0.3, 0.4) is 0 Å². The molecule has 0 spiro atoms. The number of nitrogens with zero attached hydrogens (tertiary/aromatic N) is 1. The fourth-order valence-electron chi connectivity index (χ4n) is 2.18. The summed E-state index contributed by atoms with van der Waals surface area (Å²) in [6, 6.07) is 9.56. The normalized spacial score (nSPS) is 11.0. The standard InChI is InChI=1S/C14H10ClNO2S/c15-11-3-1-2-9-4-6-16(12(9)11)8-10-5-7-19-13(10)14(17)18/h1-7H,8H2,(H,17,18). The lowest BCUT2D eigenvalue weighted by molar-refractivity contribution is 0.0701. The largest absolute Gasteiger partial charge is 0.477 e. The van der Waals surface area contributed by atoms with Gasteiger partial charge in [0.25, 0.3) is 0 Å². The summed E-state index contributed by atoms with van der Waals surface area (Å²) in [5.74, 6) is -0.882. The smallest absolute Gasteiger partial charge is 0.346 e. The molecule has 0 bridgehead atoms. The lowest BCUT2D eigenvalue weighted by atomic mass is 10.2. The molecule has 0 aliphatic carbocycles. The summed E-state index contributed by atoms with van der Waals surface area (Å²) in [4.78, 5) is 11.5. The summed E-state index contributed by atoms with van der Waals surface area (Å²) in [5, 5.41) is 12.7. The average Bonchev–Trinajstić information content (AvgIpc) is 2.98. The Hall–Kier alpha value is -1.78. The second kappa shape index (κ2) is 4.72. The molecule has 0 amide bonds. The van der Waals surface area contributed by atoms with E-state index in [4.69, 9.17) is 16.7 Å². The first-order chi connectivity index (χ1) is 9.16. The van der Waals surface area contributed by atoms with Crippen LogP contribution in [0.15, 0.2) is 41.9 Å². The number of carboxylic acids is 1. The maximum absolute atomic E-state index is 11.1. The number of aromatic nitrogens is 1. The topological polar surface area (TPSA) is 42.2 Å². The summed E-state index contributed by atoms with van der Waals surface area (Å²) in [6.45, 7) is 0.512. The number of para-hydroxylation sites is 1. The van der Waals surface area contributed by atoms with E-state index in [2.05, 4.69) is 0 Å². The molecule has 3 rings (SSSR count). The van der Waals surface area contributed by atoms with Crippen molar-refractivity contribution in [3.05, 3.63) is 57.4 Å². The van der Waals surface area contributed by atoms with Crippen LogP contribution in [0, 0.1) is 0 Å². The highest BCUT2D eigenvalue weighted by Gasteiger charge is 2.13. The fourth-order valence-corrected chi connectivity index (χ4v) is 3.22. The summed E-state index contributed by atoms with van der Waals surface area (Å²) < 4.78 is 1.98. The number of benzene rings is 1. The number of hydrogen-bond acceptors (Lipinski definition) is 2. The molecular weight excluding hydrogens is 282 g/mol. The molecule has 19 heavy (non-hydrogen) atoms. The van der Waals surface area contributed by atoms with Gasteiger partial charge in [0.15, 0.2) is 0 Å². The number of carboxylic acid groups (broad SMARTS) is 1. The first-order valence-electron chi connectivity index (χ1n) is 5.70. The van der Waals surface area contributed by atoms with Gasteiger partial charge in [0, 0.05) is 18.1 Å². The molecule has 0 unspecified atom stereocenters. The van der Waals surface area contributed by atoms with Crippen molar-refractivity contribution >= 4 is 39.8 Å². The SMILES string of the molecule is O=C(O)c1sccc1Cn1ccc2cccc(Cl)c21. The number of rotatable bonds is 3. The van der Waals surface area contributed by atoms with Crippen LogP contribution in [-0.2, 0) is 6.54 Å². The molecule has 2 heterocycles. The van der Waals surface area contributed by atoms with Crippen LogP contribution in [0.4, 0.5) is 0 Å². The molecule has 5 heteroatoms. The highest BCUT2D eigenvalue weighted by atomic mass is 35.5. The molecule has 0 radical (unpaired) electrons. The van der Waals surface area contributed by atoms with Gasteiger partial charge in [0.2, 0.25) is 0 Å². The van der Waals surface area contributed by atoms with Gasteiger partial charge < -0.3 is 9.67 Å². The van der Waals surface area contributed by atoms with Gasteiger partial charge in [0.1, 0.15) is 4.88 Å². The van der Waals surface area contributed by atoms with Gasteiger partial charge in [-0.05, 0) is 29.1 Å². The number of carbonyl (C=O) groups is 1. The van der Waals surface area contributed by atoms with Crippen LogP contribution in [-0.4, -0.2) is 15.6 Å². The van der Waals surface area contributed by atoms with E-state index in [0.717, 1.165) is 16.5 Å². The molecular formula is C14H10ClNO2S. The van der Waals surface area contributed by atoms with Gasteiger partial charge in [-0.15, -0.1) is 11.3 Å².